The fourth-order valence-corrected chi connectivity index (χ4v) is 1.59. The van der Waals surface area contributed by atoms with E-state index in [-0.39, 0.29) is 0 Å². The number of aromatic nitrogens is 2. The van der Waals surface area contributed by atoms with Crippen LogP contribution in [0.4, 0.5) is 5.95 Å². The molecular formula is C9H13ClIN3. The summed E-state index contributed by atoms with van der Waals surface area (Å²) in [6.45, 7) is 4.99. The lowest BCUT2D eigenvalue weighted by Gasteiger charge is -2.25. The van der Waals surface area contributed by atoms with Gasteiger partial charge in [0, 0.05) is 34.4 Å². The van der Waals surface area contributed by atoms with Crippen molar-refractivity contribution in [1.82, 2.24) is 9.97 Å². The van der Waals surface area contributed by atoms with Gasteiger partial charge in [0.1, 0.15) is 0 Å². The Labute approximate surface area is 103 Å². The van der Waals surface area contributed by atoms with Crippen LogP contribution in [0.15, 0.2) is 12.4 Å². The molecule has 0 aromatic carbocycles. The fraction of sp³-hybridized carbons (Fsp3) is 0.556. The summed E-state index contributed by atoms with van der Waals surface area (Å²) in [4.78, 5) is 10.6. The summed E-state index contributed by atoms with van der Waals surface area (Å²) in [5, 5.41) is 0. The molecule has 0 aliphatic heterocycles. The monoisotopic (exact) mass is 325 g/mol. The van der Waals surface area contributed by atoms with Crippen molar-refractivity contribution in [1.29, 1.82) is 0 Å². The van der Waals surface area contributed by atoms with Crippen molar-refractivity contribution in [3.63, 3.8) is 0 Å². The highest BCUT2D eigenvalue weighted by Crippen LogP contribution is 2.11. The maximum atomic E-state index is 5.72. The minimum Gasteiger partial charge on any atom is -0.337 e. The Bertz CT molecular complexity index is 276. The van der Waals surface area contributed by atoms with Gasteiger partial charge in [-0.2, -0.15) is 0 Å². The molecule has 0 unspecified atom stereocenters. The number of nitrogens with zero attached hydrogens (tertiary/aromatic N) is 3. The molecule has 1 aromatic heterocycles. The minimum atomic E-state index is 0.369. The first-order valence-corrected chi connectivity index (χ1v) is 6.06. The van der Waals surface area contributed by atoms with E-state index in [1.807, 2.05) is 12.4 Å². The van der Waals surface area contributed by atoms with Gasteiger partial charge < -0.3 is 4.90 Å². The average Bonchev–Trinajstić information content (AvgIpc) is 2.15. The van der Waals surface area contributed by atoms with Gasteiger partial charge in [-0.25, -0.2) is 9.97 Å². The quantitative estimate of drug-likeness (QED) is 0.629. The van der Waals surface area contributed by atoms with Gasteiger partial charge >= 0.3 is 0 Å². The highest BCUT2D eigenvalue weighted by Gasteiger charge is 2.11. The maximum Gasteiger partial charge on any atom is 0.225 e. The number of alkyl halides is 1. The predicted molar refractivity (Wildman–Crippen MR) is 68.0 cm³/mol. The lowest BCUT2D eigenvalue weighted by molar-refractivity contribution is 0.682. The largest absolute Gasteiger partial charge is 0.337 e. The zero-order valence-electron chi connectivity index (χ0n) is 8.24. The van der Waals surface area contributed by atoms with Crippen molar-refractivity contribution in [2.24, 2.45) is 0 Å². The van der Waals surface area contributed by atoms with Gasteiger partial charge in [-0.15, -0.1) is 11.6 Å². The van der Waals surface area contributed by atoms with Crippen molar-refractivity contribution in [2.75, 3.05) is 17.3 Å². The first kappa shape index (κ1) is 12.0. The molecule has 0 bridgehead atoms. The summed E-state index contributed by atoms with van der Waals surface area (Å²) in [7, 11) is 0. The Hall–Kier alpha value is -0.100. The van der Waals surface area contributed by atoms with Crippen LogP contribution >= 0.6 is 34.2 Å². The molecule has 0 spiro atoms. The van der Waals surface area contributed by atoms with Crippen LogP contribution < -0.4 is 4.90 Å². The Morgan fingerprint density at radius 3 is 2.43 bits per heavy atom. The van der Waals surface area contributed by atoms with Crippen LogP contribution in [-0.2, 0) is 0 Å². The number of rotatable bonds is 4. The van der Waals surface area contributed by atoms with Crippen molar-refractivity contribution >= 4 is 40.1 Å². The molecule has 3 nitrogen and oxygen atoms in total. The number of hydrogen-bond acceptors (Lipinski definition) is 3. The molecule has 0 saturated heterocycles. The third-order valence-corrected chi connectivity index (χ3v) is 2.54. The maximum absolute atomic E-state index is 5.72. The van der Waals surface area contributed by atoms with Crippen molar-refractivity contribution in [2.45, 2.75) is 19.9 Å². The SMILES string of the molecule is CC(C)N(CCCl)c1ncc(I)cn1. The molecule has 0 amide bonds. The second-order valence-corrected chi connectivity index (χ2v) is 4.80. The topological polar surface area (TPSA) is 29.0 Å². The zero-order chi connectivity index (χ0) is 10.6. The number of hydrogen-bond donors (Lipinski definition) is 0. The Morgan fingerprint density at radius 2 is 2.00 bits per heavy atom. The zero-order valence-corrected chi connectivity index (χ0v) is 11.2. The van der Waals surface area contributed by atoms with Gasteiger partial charge in [-0.05, 0) is 36.4 Å². The highest BCUT2D eigenvalue weighted by molar-refractivity contribution is 14.1. The van der Waals surface area contributed by atoms with E-state index in [0.29, 0.717) is 11.9 Å². The van der Waals surface area contributed by atoms with Crippen molar-refractivity contribution in [3.8, 4) is 0 Å². The minimum absolute atomic E-state index is 0.369. The molecule has 1 rings (SSSR count). The molecule has 78 valence electrons. The molecule has 0 atom stereocenters. The van der Waals surface area contributed by atoms with Crippen LogP contribution in [0, 0.1) is 3.57 Å². The second kappa shape index (κ2) is 5.70. The lowest BCUT2D eigenvalue weighted by Crippen LogP contribution is -2.34. The van der Waals surface area contributed by atoms with Gasteiger partial charge in [-0.1, -0.05) is 0 Å². The highest BCUT2D eigenvalue weighted by atomic mass is 127. The van der Waals surface area contributed by atoms with Gasteiger partial charge in [0.25, 0.3) is 0 Å². The third-order valence-electron chi connectivity index (χ3n) is 1.81. The second-order valence-electron chi connectivity index (χ2n) is 3.18. The van der Waals surface area contributed by atoms with Gasteiger partial charge in [-0.3, -0.25) is 0 Å². The first-order valence-electron chi connectivity index (χ1n) is 4.45. The molecule has 1 heterocycles. The molecule has 0 fully saturated rings. The van der Waals surface area contributed by atoms with E-state index in [9.17, 15) is 0 Å². The van der Waals surface area contributed by atoms with Crippen LogP contribution in [0.1, 0.15) is 13.8 Å². The van der Waals surface area contributed by atoms with Crippen LogP contribution in [-0.4, -0.2) is 28.4 Å². The van der Waals surface area contributed by atoms with E-state index in [1.165, 1.54) is 0 Å². The number of halogens is 2. The van der Waals surface area contributed by atoms with Crippen molar-refractivity contribution < 1.29 is 0 Å². The number of anilines is 1. The molecular weight excluding hydrogens is 312 g/mol. The van der Waals surface area contributed by atoms with E-state index in [0.717, 1.165) is 16.1 Å². The molecule has 14 heavy (non-hydrogen) atoms. The van der Waals surface area contributed by atoms with E-state index in [4.69, 9.17) is 11.6 Å². The molecule has 0 aliphatic carbocycles. The molecule has 0 saturated carbocycles. The van der Waals surface area contributed by atoms with E-state index in [2.05, 4.69) is 51.3 Å². The fourth-order valence-electron chi connectivity index (χ4n) is 1.13. The molecule has 0 radical (unpaired) electrons. The summed E-state index contributed by atoms with van der Waals surface area (Å²) in [5.74, 6) is 1.34. The third kappa shape index (κ3) is 3.24. The molecule has 1 aromatic rings. The summed E-state index contributed by atoms with van der Waals surface area (Å²) < 4.78 is 1.04. The summed E-state index contributed by atoms with van der Waals surface area (Å²) in [6, 6.07) is 0.369. The van der Waals surface area contributed by atoms with Crippen LogP contribution in [0.5, 0.6) is 0 Å². The standard InChI is InChI=1S/C9H13ClIN3/c1-7(2)14(4-3-10)9-12-5-8(11)6-13-9/h5-7H,3-4H2,1-2H3. The Kier molecular flexibility index (Phi) is 4.88. The van der Waals surface area contributed by atoms with Crippen LogP contribution in [0.2, 0.25) is 0 Å². The summed E-state index contributed by atoms with van der Waals surface area (Å²) >= 11 is 7.91. The summed E-state index contributed by atoms with van der Waals surface area (Å²) in [6.07, 6.45) is 3.62. The van der Waals surface area contributed by atoms with Crippen molar-refractivity contribution in [3.05, 3.63) is 16.0 Å². The van der Waals surface area contributed by atoms with E-state index >= 15 is 0 Å². The van der Waals surface area contributed by atoms with E-state index < -0.39 is 0 Å². The van der Waals surface area contributed by atoms with Gasteiger partial charge in [0.2, 0.25) is 5.95 Å². The Morgan fingerprint density at radius 1 is 1.43 bits per heavy atom. The normalized spacial score (nSPS) is 10.6. The molecule has 5 heteroatoms. The smallest absolute Gasteiger partial charge is 0.225 e. The van der Waals surface area contributed by atoms with Gasteiger partial charge in [0.05, 0.1) is 0 Å². The average molecular weight is 326 g/mol. The lowest BCUT2D eigenvalue weighted by atomic mass is 10.3. The molecule has 0 aliphatic rings. The Balaban J connectivity index is 2.82. The van der Waals surface area contributed by atoms with Crippen LogP contribution in [0.3, 0.4) is 0 Å². The molecule has 0 N–H and O–H groups in total. The van der Waals surface area contributed by atoms with Gasteiger partial charge in [0.15, 0.2) is 0 Å². The van der Waals surface area contributed by atoms with E-state index in [1.54, 1.807) is 0 Å². The predicted octanol–water partition coefficient (Wildman–Crippen LogP) is 2.53. The first-order chi connectivity index (χ1) is 6.65. The van der Waals surface area contributed by atoms with Crippen LogP contribution in [0.25, 0.3) is 0 Å². The summed E-state index contributed by atoms with van der Waals surface area (Å²) in [5.41, 5.74) is 0.